The van der Waals surface area contributed by atoms with Crippen LogP contribution in [0.15, 0.2) is 60.7 Å². The molecule has 0 fully saturated rings. The monoisotopic (exact) mass is 497 g/mol. The van der Waals surface area contributed by atoms with E-state index < -0.39 is 34.8 Å². The average Bonchev–Trinajstić information content (AvgIpc) is 3.22. The van der Waals surface area contributed by atoms with Crippen LogP contribution in [-0.2, 0) is 11.2 Å². The molecule has 36 heavy (non-hydrogen) atoms. The second-order valence-corrected chi connectivity index (χ2v) is 10.0. The van der Waals surface area contributed by atoms with E-state index in [0.29, 0.717) is 6.42 Å². The van der Waals surface area contributed by atoms with Crippen molar-refractivity contribution in [3.05, 3.63) is 77.7 Å². The highest BCUT2D eigenvalue weighted by molar-refractivity contribution is 5.93. The molecule has 2 aromatic carbocycles. The van der Waals surface area contributed by atoms with Crippen molar-refractivity contribution >= 4 is 11.9 Å². The predicted octanol–water partition coefficient (Wildman–Crippen LogP) is 4.00. The molecule has 3 N–H and O–H groups in total. The third kappa shape index (κ3) is 6.69. The third-order valence-corrected chi connectivity index (χ3v) is 6.19. The van der Waals surface area contributed by atoms with E-state index in [0.717, 1.165) is 10.2 Å². The molecule has 0 aliphatic rings. The van der Waals surface area contributed by atoms with Crippen LogP contribution in [0.2, 0.25) is 0 Å². The Hall–Kier alpha value is -3.72. The average molecular weight is 498 g/mol. The Balaban J connectivity index is 1.90. The minimum atomic E-state index is -1.23. The Labute approximate surface area is 209 Å². The highest BCUT2D eigenvalue weighted by Gasteiger charge is 2.36. The van der Waals surface area contributed by atoms with E-state index in [9.17, 15) is 24.2 Å². The molecule has 0 aliphatic carbocycles. The number of halogens is 1. The van der Waals surface area contributed by atoms with Crippen LogP contribution < -0.4 is 10.1 Å². The van der Waals surface area contributed by atoms with Crippen LogP contribution in [0.4, 0.5) is 4.39 Å². The zero-order valence-corrected chi connectivity index (χ0v) is 20.9. The maximum atomic E-state index is 14.6. The summed E-state index contributed by atoms with van der Waals surface area (Å²) in [6, 6.07) is 15.8. The first kappa shape index (κ1) is 26.9. The fraction of sp³-hybridized carbons (Fsp3) is 0.370. The lowest BCUT2D eigenvalue weighted by atomic mass is 9.78. The van der Waals surface area contributed by atoms with Crippen molar-refractivity contribution in [2.24, 2.45) is 5.41 Å². The highest BCUT2D eigenvalue weighted by Crippen LogP contribution is 2.31. The van der Waals surface area contributed by atoms with E-state index in [1.54, 1.807) is 13.0 Å². The standard InChI is InChI=1S/C27H32FN3O5/c1-26(2,3)27(4,35)17-36-23-16-21(30-31(23)22-13-9-8-12-20(22)28)25(34)29-19(15-24(32)33)14-18-10-6-5-7-11-18/h5-13,16,19,35H,14-15,17H2,1-4H3,(H,29,34)(H,32,33)/t19?,27-/m1/s1. The molecule has 3 aromatic rings. The Kier molecular flexibility index (Phi) is 8.14. The number of carbonyl (C=O) groups is 2. The van der Waals surface area contributed by atoms with Crippen LogP contribution in [0, 0.1) is 11.2 Å². The van der Waals surface area contributed by atoms with E-state index in [1.165, 1.54) is 24.3 Å². The number of aromatic nitrogens is 2. The van der Waals surface area contributed by atoms with Gasteiger partial charge in [0.05, 0.1) is 6.42 Å². The molecule has 0 spiro atoms. The molecular weight excluding hydrogens is 465 g/mol. The topological polar surface area (TPSA) is 114 Å². The molecule has 192 valence electrons. The van der Waals surface area contributed by atoms with Gasteiger partial charge in [0.25, 0.3) is 5.91 Å². The quantitative estimate of drug-likeness (QED) is 0.390. The summed E-state index contributed by atoms with van der Waals surface area (Å²) in [5.74, 6) is -2.19. The number of aliphatic hydroxyl groups is 1. The molecule has 0 aliphatic heterocycles. The van der Waals surface area contributed by atoms with Crippen molar-refractivity contribution < 1.29 is 28.9 Å². The Morgan fingerprint density at radius 1 is 1.08 bits per heavy atom. The van der Waals surface area contributed by atoms with Gasteiger partial charge in [-0.3, -0.25) is 9.59 Å². The van der Waals surface area contributed by atoms with Crippen LogP contribution in [0.1, 0.15) is 50.2 Å². The van der Waals surface area contributed by atoms with Gasteiger partial charge in [0.15, 0.2) is 5.69 Å². The number of para-hydroxylation sites is 1. The molecule has 1 unspecified atom stereocenters. The van der Waals surface area contributed by atoms with Crippen LogP contribution >= 0.6 is 0 Å². The van der Waals surface area contributed by atoms with Crippen molar-refractivity contribution in [3.8, 4) is 11.6 Å². The minimum absolute atomic E-state index is 0.0626. The first-order chi connectivity index (χ1) is 16.9. The summed E-state index contributed by atoms with van der Waals surface area (Å²) in [6.07, 6.45) is 0.0250. The maximum Gasteiger partial charge on any atom is 0.305 e. The summed E-state index contributed by atoms with van der Waals surface area (Å²) in [5, 5.41) is 27.1. The number of benzene rings is 2. The van der Waals surface area contributed by atoms with Crippen LogP contribution in [0.25, 0.3) is 5.69 Å². The van der Waals surface area contributed by atoms with Crippen molar-refractivity contribution in [2.45, 2.75) is 52.2 Å². The van der Waals surface area contributed by atoms with Crippen molar-refractivity contribution in [1.29, 1.82) is 0 Å². The van der Waals surface area contributed by atoms with E-state index >= 15 is 0 Å². The fourth-order valence-electron chi connectivity index (χ4n) is 3.35. The molecule has 1 amide bonds. The molecule has 8 nitrogen and oxygen atoms in total. The SMILES string of the molecule is CC(C)(C)[C@](C)(O)COc1cc(C(=O)NC(CC(=O)O)Cc2ccccc2)nn1-c1ccccc1F. The lowest BCUT2D eigenvalue weighted by Gasteiger charge is -2.36. The highest BCUT2D eigenvalue weighted by atomic mass is 19.1. The number of nitrogens with zero attached hydrogens (tertiary/aromatic N) is 2. The Bertz CT molecular complexity index is 1200. The summed E-state index contributed by atoms with van der Waals surface area (Å²) in [7, 11) is 0. The zero-order chi connectivity index (χ0) is 26.5. The van der Waals surface area contributed by atoms with Gasteiger partial charge < -0.3 is 20.3 Å². The Morgan fingerprint density at radius 3 is 2.33 bits per heavy atom. The smallest absolute Gasteiger partial charge is 0.305 e. The first-order valence-corrected chi connectivity index (χ1v) is 11.6. The molecule has 1 aromatic heterocycles. The molecule has 0 radical (unpaired) electrons. The minimum Gasteiger partial charge on any atom is -0.481 e. The van der Waals surface area contributed by atoms with E-state index in [-0.39, 0.29) is 30.3 Å². The van der Waals surface area contributed by atoms with E-state index in [4.69, 9.17) is 4.74 Å². The zero-order valence-electron chi connectivity index (χ0n) is 20.9. The van der Waals surface area contributed by atoms with Gasteiger partial charge in [-0.2, -0.15) is 9.78 Å². The first-order valence-electron chi connectivity index (χ1n) is 11.6. The number of carboxylic acids is 1. The van der Waals surface area contributed by atoms with Gasteiger partial charge in [-0.05, 0) is 36.5 Å². The fourth-order valence-corrected chi connectivity index (χ4v) is 3.35. The normalized spacial score (nSPS) is 14.1. The predicted molar refractivity (Wildman–Crippen MR) is 133 cm³/mol. The number of rotatable bonds is 10. The van der Waals surface area contributed by atoms with Crippen LogP contribution in [-0.4, -0.2) is 50.1 Å². The van der Waals surface area contributed by atoms with Gasteiger partial charge in [-0.15, -0.1) is 0 Å². The molecule has 9 heteroatoms. The number of ether oxygens (including phenoxy) is 1. The second kappa shape index (κ2) is 10.9. The molecule has 0 saturated heterocycles. The van der Waals surface area contributed by atoms with Crippen molar-refractivity contribution in [3.63, 3.8) is 0 Å². The molecule has 0 bridgehead atoms. The number of carbonyl (C=O) groups excluding carboxylic acids is 1. The van der Waals surface area contributed by atoms with Gasteiger partial charge in [0.2, 0.25) is 5.88 Å². The van der Waals surface area contributed by atoms with Gasteiger partial charge in [0.1, 0.15) is 23.7 Å². The van der Waals surface area contributed by atoms with Crippen molar-refractivity contribution in [1.82, 2.24) is 15.1 Å². The third-order valence-electron chi connectivity index (χ3n) is 6.19. The number of nitrogens with one attached hydrogen (secondary N) is 1. The van der Waals surface area contributed by atoms with Gasteiger partial charge in [0, 0.05) is 12.1 Å². The number of hydrogen-bond acceptors (Lipinski definition) is 5. The maximum absolute atomic E-state index is 14.6. The van der Waals surface area contributed by atoms with Crippen LogP contribution in [0.3, 0.4) is 0 Å². The molecule has 0 saturated carbocycles. The number of amides is 1. The Morgan fingerprint density at radius 2 is 1.72 bits per heavy atom. The summed E-state index contributed by atoms with van der Waals surface area (Å²) in [5.41, 5.74) is -0.894. The molecule has 1 heterocycles. The van der Waals surface area contributed by atoms with Gasteiger partial charge >= 0.3 is 5.97 Å². The number of hydrogen-bond donors (Lipinski definition) is 3. The number of aliphatic carboxylic acids is 1. The lowest BCUT2D eigenvalue weighted by molar-refractivity contribution is -0.137. The van der Waals surface area contributed by atoms with Crippen molar-refractivity contribution in [2.75, 3.05) is 6.61 Å². The summed E-state index contributed by atoms with van der Waals surface area (Å²) >= 11 is 0. The van der Waals surface area contributed by atoms with Crippen LogP contribution in [0.5, 0.6) is 5.88 Å². The number of carboxylic acid groups (broad SMARTS) is 1. The van der Waals surface area contributed by atoms with Gasteiger partial charge in [-0.25, -0.2) is 4.39 Å². The molecule has 2 atom stereocenters. The largest absolute Gasteiger partial charge is 0.481 e. The molecular formula is C27H32FN3O5. The summed E-state index contributed by atoms with van der Waals surface area (Å²) < 4.78 is 21.6. The second-order valence-electron chi connectivity index (χ2n) is 10.0. The van der Waals surface area contributed by atoms with Gasteiger partial charge in [-0.1, -0.05) is 63.2 Å². The summed E-state index contributed by atoms with van der Waals surface area (Å²) in [6.45, 7) is 7.08. The molecule has 3 rings (SSSR count). The lowest BCUT2D eigenvalue weighted by Crippen LogP contribution is -2.45. The summed E-state index contributed by atoms with van der Waals surface area (Å²) in [4.78, 5) is 24.5. The van der Waals surface area contributed by atoms with E-state index in [1.807, 2.05) is 51.1 Å². The van der Waals surface area contributed by atoms with E-state index in [2.05, 4.69) is 10.4 Å².